The molecule has 1 unspecified atom stereocenters. The topological polar surface area (TPSA) is 66.9 Å². The Morgan fingerprint density at radius 3 is 2.48 bits per heavy atom. The van der Waals surface area contributed by atoms with E-state index in [9.17, 15) is 18.0 Å². The van der Waals surface area contributed by atoms with Crippen LogP contribution in [0.2, 0.25) is 0 Å². The number of fused-ring (bicyclic) bond motifs is 1. The van der Waals surface area contributed by atoms with Crippen molar-refractivity contribution >= 4 is 22.6 Å². The van der Waals surface area contributed by atoms with Gasteiger partial charge in [0.05, 0.1) is 11.1 Å². The third kappa shape index (κ3) is 5.31. The normalized spacial score (nSPS) is 13.6. The predicted molar refractivity (Wildman–Crippen MR) is 115 cm³/mol. The van der Waals surface area contributed by atoms with Crippen molar-refractivity contribution in [3.63, 3.8) is 0 Å². The average molecular weight is 430 g/mol. The summed E-state index contributed by atoms with van der Waals surface area (Å²) in [6, 6.07) is 10.6. The first-order valence-electron chi connectivity index (χ1n) is 10.0. The standard InChI is InChI=1S/C23H25F3N4O/c1-13(10-21(31)27-4)16-8-9-20-19(12-16)22(30-15(3)29-20)28-14(2)17-6-5-7-18(11-17)23(24,25)26/h5-9,11-14H,10H2,1-4H3,(H,27,31)(H,28,29,30)/t13?,14-/m0/s1. The Hall–Kier alpha value is -3.16. The minimum Gasteiger partial charge on any atom is -0.363 e. The lowest BCUT2D eigenvalue weighted by Crippen LogP contribution is -2.19. The van der Waals surface area contributed by atoms with E-state index in [-0.39, 0.29) is 11.8 Å². The molecule has 1 heterocycles. The molecule has 8 heteroatoms. The molecule has 0 bridgehead atoms. The van der Waals surface area contributed by atoms with Gasteiger partial charge in [-0.05, 0) is 55.2 Å². The number of anilines is 1. The summed E-state index contributed by atoms with van der Waals surface area (Å²) in [5.74, 6) is 1.03. The van der Waals surface area contributed by atoms with Gasteiger partial charge in [0.1, 0.15) is 11.6 Å². The number of nitrogens with one attached hydrogen (secondary N) is 2. The van der Waals surface area contributed by atoms with Crippen LogP contribution in [-0.4, -0.2) is 22.9 Å². The number of amides is 1. The largest absolute Gasteiger partial charge is 0.416 e. The maximum Gasteiger partial charge on any atom is 0.416 e. The molecule has 2 aromatic carbocycles. The summed E-state index contributed by atoms with van der Waals surface area (Å²) >= 11 is 0. The summed E-state index contributed by atoms with van der Waals surface area (Å²) in [6.07, 6.45) is -4.05. The maximum atomic E-state index is 13.1. The molecule has 0 fully saturated rings. The Bertz CT molecular complexity index is 1100. The SMILES string of the molecule is CNC(=O)CC(C)c1ccc2nc(C)nc(N[C@@H](C)c3cccc(C(F)(F)F)c3)c2c1. The lowest BCUT2D eigenvalue weighted by atomic mass is 9.96. The van der Waals surface area contributed by atoms with Crippen LogP contribution in [0.5, 0.6) is 0 Å². The number of halogens is 3. The van der Waals surface area contributed by atoms with Crippen molar-refractivity contribution < 1.29 is 18.0 Å². The number of aryl methyl sites for hydroxylation is 1. The van der Waals surface area contributed by atoms with Crippen LogP contribution < -0.4 is 10.6 Å². The van der Waals surface area contributed by atoms with Crippen molar-refractivity contribution in [1.82, 2.24) is 15.3 Å². The summed E-state index contributed by atoms with van der Waals surface area (Å²) in [5.41, 5.74) is 1.50. The smallest absolute Gasteiger partial charge is 0.363 e. The first-order chi connectivity index (χ1) is 14.6. The molecule has 2 atom stereocenters. The second-order valence-corrected chi connectivity index (χ2v) is 7.66. The second kappa shape index (κ2) is 8.91. The zero-order valence-electron chi connectivity index (χ0n) is 17.8. The van der Waals surface area contributed by atoms with Crippen LogP contribution in [0.25, 0.3) is 10.9 Å². The fraction of sp³-hybridized carbons (Fsp3) is 0.348. The molecule has 0 aliphatic carbocycles. The molecule has 2 N–H and O–H groups in total. The Balaban J connectivity index is 1.95. The van der Waals surface area contributed by atoms with Crippen LogP contribution in [-0.2, 0) is 11.0 Å². The summed E-state index contributed by atoms with van der Waals surface area (Å²) in [5, 5.41) is 6.62. The number of carbonyl (C=O) groups is 1. The lowest BCUT2D eigenvalue weighted by molar-refractivity contribution is -0.137. The van der Waals surface area contributed by atoms with Crippen LogP contribution in [0.3, 0.4) is 0 Å². The van der Waals surface area contributed by atoms with E-state index < -0.39 is 17.8 Å². The van der Waals surface area contributed by atoms with E-state index >= 15 is 0 Å². The highest BCUT2D eigenvalue weighted by Crippen LogP contribution is 2.32. The van der Waals surface area contributed by atoms with E-state index in [4.69, 9.17) is 0 Å². The highest BCUT2D eigenvalue weighted by molar-refractivity contribution is 5.90. The number of nitrogens with zero attached hydrogens (tertiary/aromatic N) is 2. The van der Waals surface area contributed by atoms with Gasteiger partial charge in [-0.25, -0.2) is 9.97 Å². The van der Waals surface area contributed by atoms with Crippen LogP contribution in [0, 0.1) is 6.92 Å². The van der Waals surface area contributed by atoms with Crippen molar-refractivity contribution in [2.24, 2.45) is 0 Å². The molecule has 1 amide bonds. The Labute approximate surface area is 179 Å². The monoisotopic (exact) mass is 430 g/mol. The number of hydrogen-bond acceptors (Lipinski definition) is 4. The highest BCUT2D eigenvalue weighted by atomic mass is 19.4. The van der Waals surface area contributed by atoms with E-state index in [0.29, 0.717) is 23.6 Å². The van der Waals surface area contributed by atoms with Crippen molar-refractivity contribution in [3.05, 3.63) is 65.0 Å². The summed E-state index contributed by atoms with van der Waals surface area (Å²) in [7, 11) is 1.60. The number of alkyl halides is 3. The Morgan fingerprint density at radius 2 is 1.81 bits per heavy atom. The predicted octanol–water partition coefficient (Wildman–Crippen LogP) is 5.37. The van der Waals surface area contributed by atoms with Gasteiger partial charge in [-0.1, -0.05) is 25.1 Å². The number of carbonyl (C=O) groups excluding carboxylic acids is 1. The molecule has 0 radical (unpaired) electrons. The number of rotatable bonds is 6. The molecule has 3 rings (SSSR count). The Kier molecular flexibility index (Phi) is 6.48. The molecule has 0 saturated carbocycles. The van der Waals surface area contributed by atoms with E-state index in [0.717, 1.165) is 28.6 Å². The molecule has 0 saturated heterocycles. The molecule has 0 aliphatic heterocycles. The molecule has 164 valence electrons. The molecule has 3 aromatic rings. The minimum atomic E-state index is -4.40. The third-order valence-corrected chi connectivity index (χ3v) is 5.24. The van der Waals surface area contributed by atoms with Gasteiger partial charge < -0.3 is 10.6 Å². The van der Waals surface area contributed by atoms with Gasteiger partial charge in [-0.2, -0.15) is 13.2 Å². The van der Waals surface area contributed by atoms with E-state index in [2.05, 4.69) is 20.6 Å². The molecule has 31 heavy (non-hydrogen) atoms. The van der Waals surface area contributed by atoms with E-state index in [1.165, 1.54) is 6.07 Å². The van der Waals surface area contributed by atoms with Gasteiger partial charge in [0.25, 0.3) is 0 Å². The highest BCUT2D eigenvalue weighted by Gasteiger charge is 2.30. The van der Waals surface area contributed by atoms with Crippen molar-refractivity contribution in [2.75, 3.05) is 12.4 Å². The fourth-order valence-corrected chi connectivity index (χ4v) is 3.45. The van der Waals surface area contributed by atoms with Crippen molar-refractivity contribution in [1.29, 1.82) is 0 Å². The van der Waals surface area contributed by atoms with Crippen LogP contribution in [0.1, 0.15) is 54.7 Å². The van der Waals surface area contributed by atoms with E-state index in [1.54, 1.807) is 27.0 Å². The van der Waals surface area contributed by atoms with Crippen molar-refractivity contribution in [2.45, 2.75) is 45.3 Å². The Morgan fingerprint density at radius 1 is 1.06 bits per heavy atom. The quantitative estimate of drug-likeness (QED) is 0.552. The first-order valence-corrected chi connectivity index (χ1v) is 10.0. The zero-order chi connectivity index (χ0) is 22.8. The minimum absolute atomic E-state index is 0.0145. The average Bonchev–Trinajstić information content (AvgIpc) is 2.72. The fourth-order valence-electron chi connectivity index (χ4n) is 3.45. The van der Waals surface area contributed by atoms with Crippen LogP contribution >= 0.6 is 0 Å². The number of hydrogen-bond donors (Lipinski definition) is 2. The molecular formula is C23H25F3N4O. The zero-order valence-corrected chi connectivity index (χ0v) is 17.8. The van der Waals surface area contributed by atoms with Gasteiger partial charge in [0.15, 0.2) is 0 Å². The van der Waals surface area contributed by atoms with Gasteiger partial charge in [-0.15, -0.1) is 0 Å². The van der Waals surface area contributed by atoms with Gasteiger partial charge in [-0.3, -0.25) is 4.79 Å². The summed E-state index contributed by atoms with van der Waals surface area (Å²) < 4.78 is 39.3. The first kappa shape index (κ1) is 22.5. The van der Waals surface area contributed by atoms with E-state index in [1.807, 2.05) is 25.1 Å². The maximum absolute atomic E-state index is 13.1. The molecule has 1 aromatic heterocycles. The van der Waals surface area contributed by atoms with Gasteiger partial charge in [0.2, 0.25) is 5.91 Å². The van der Waals surface area contributed by atoms with Gasteiger partial charge in [0, 0.05) is 24.9 Å². The lowest BCUT2D eigenvalue weighted by Gasteiger charge is -2.19. The van der Waals surface area contributed by atoms with Crippen LogP contribution in [0.15, 0.2) is 42.5 Å². The second-order valence-electron chi connectivity index (χ2n) is 7.66. The van der Waals surface area contributed by atoms with Crippen LogP contribution in [0.4, 0.5) is 19.0 Å². The van der Waals surface area contributed by atoms with Crippen molar-refractivity contribution in [3.8, 4) is 0 Å². The molecule has 5 nitrogen and oxygen atoms in total. The summed E-state index contributed by atoms with van der Waals surface area (Å²) in [4.78, 5) is 20.7. The van der Waals surface area contributed by atoms with Gasteiger partial charge >= 0.3 is 6.18 Å². The molecule has 0 spiro atoms. The number of aromatic nitrogens is 2. The molecular weight excluding hydrogens is 405 g/mol. The number of benzene rings is 2. The molecule has 0 aliphatic rings. The summed E-state index contributed by atoms with van der Waals surface area (Å²) in [6.45, 7) is 5.52. The third-order valence-electron chi connectivity index (χ3n) is 5.24.